The molecule has 0 aliphatic rings. The average Bonchev–Trinajstić information content (AvgIpc) is 2.40. The van der Waals surface area contributed by atoms with E-state index < -0.39 is 0 Å². The summed E-state index contributed by atoms with van der Waals surface area (Å²) in [6.45, 7) is 3.85. The smallest absolute Gasteiger partial charge is 0.251 e. The second kappa shape index (κ2) is 7.11. The summed E-state index contributed by atoms with van der Waals surface area (Å²) in [7, 11) is 0. The molecule has 3 N–H and O–H groups in total. The second-order valence-electron chi connectivity index (χ2n) is 4.93. The summed E-state index contributed by atoms with van der Waals surface area (Å²) in [5.41, 5.74) is 7.59. The number of aromatic amines is 1. The Balaban J connectivity index is 2.19. The number of H-pyrrole nitrogens is 1. The molecule has 0 saturated heterocycles. The SMILES string of the molecule is CCC(N)Cc1ccc(Sc2nc(C)cc(=O)[nH]2)c(Cl)c1. The molecule has 1 heterocycles. The Kier molecular flexibility index (Phi) is 5.45. The summed E-state index contributed by atoms with van der Waals surface area (Å²) >= 11 is 7.65. The van der Waals surface area contributed by atoms with Crippen LogP contribution in [0.3, 0.4) is 0 Å². The number of benzene rings is 1. The first-order valence-corrected chi connectivity index (χ1v) is 7.97. The van der Waals surface area contributed by atoms with Crippen LogP contribution >= 0.6 is 23.4 Å². The number of hydrogen-bond donors (Lipinski definition) is 2. The zero-order valence-electron chi connectivity index (χ0n) is 12.0. The third kappa shape index (κ3) is 4.59. The summed E-state index contributed by atoms with van der Waals surface area (Å²) in [6.07, 6.45) is 1.74. The van der Waals surface area contributed by atoms with Crippen molar-refractivity contribution in [3.63, 3.8) is 0 Å². The highest BCUT2D eigenvalue weighted by molar-refractivity contribution is 7.99. The average molecular weight is 324 g/mol. The summed E-state index contributed by atoms with van der Waals surface area (Å²) in [4.78, 5) is 19.3. The fourth-order valence-corrected chi connectivity index (χ4v) is 3.07. The molecular formula is C15H18ClN3OS. The van der Waals surface area contributed by atoms with Crippen molar-refractivity contribution in [2.45, 2.75) is 42.8 Å². The van der Waals surface area contributed by atoms with E-state index in [4.69, 9.17) is 17.3 Å². The van der Waals surface area contributed by atoms with Gasteiger partial charge in [-0.1, -0.05) is 36.4 Å². The fraction of sp³-hybridized carbons (Fsp3) is 0.333. The van der Waals surface area contributed by atoms with Gasteiger partial charge in [-0.2, -0.15) is 0 Å². The third-order valence-corrected chi connectivity index (χ3v) is 4.46. The first-order chi connectivity index (χ1) is 9.97. The van der Waals surface area contributed by atoms with Crippen LogP contribution in [0.2, 0.25) is 5.02 Å². The molecule has 2 aromatic rings. The number of nitrogens with two attached hydrogens (primary N) is 1. The predicted octanol–water partition coefficient (Wildman–Crippen LogP) is 3.16. The van der Waals surface area contributed by atoms with Crippen molar-refractivity contribution in [2.24, 2.45) is 5.73 Å². The largest absolute Gasteiger partial charge is 0.327 e. The molecule has 0 fully saturated rings. The Morgan fingerprint density at radius 1 is 1.43 bits per heavy atom. The Hall–Kier alpha value is -1.30. The minimum Gasteiger partial charge on any atom is -0.327 e. The van der Waals surface area contributed by atoms with E-state index in [0.717, 1.165) is 23.3 Å². The number of aromatic nitrogens is 2. The monoisotopic (exact) mass is 323 g/mol. The van der Waals surface area contributed by atoms with Gasteiger partial charge in [-0.05, 0) is 37.5 Å². The molecule has 0 saturated carbocycles. The Bertz CT molecular complexity index is 687. The van der Waals surface area contributed by atoms with Gasteiger partial charge in [0.05, 0.1) is 5.02 Å². The molecule has 6 heteroatoms. The number of halogens is 1. The van der Waals surface area contributed by atoms with E-state index in [9.17, 15) is 4.79 Å². The van der Waals surface area contributed by atoms with Gasteiger partial charge in [0.15, 0.2) is 5.16 Å². The lowest BCUT2D eigenvalue weighted by molar-refractivity contribution is 0.646. The summed E-state index contributed by atoms with van der Waals surface area (Å²) in [5.74, 6) is 0. The minimum absolute atomic E-state index is 0.148. The van der Waals surface area contributed by atoms with E-state index >= 15 is 0 Å². The molecule has 1 atom stereocenters. The Morgan fingerprint density at radius 2 is 2.19 bits per heavy atom. The fourth-order valence-electron chi connectivity index (χ4n) is 1.91. The highest BCUT2D eigenvalue weighted by atomic mass is 35.5. The first kappa shape index (κ1) is 16.1. The summed E-state index contributed by atoms with van der Waals surface area (Å²) in [6, 6.07) is 7.48. The molecule has 0 radical (unpaired) electrons. The maximum atomic E-state index is 11.4. The van der Waals surface area contributed by atoms with Crippen LogP contribution in [0.4, 0.5) is 0 Å². The maximum absolute atomic E-state index is 11.4. The van der Waals surface area contributed by atoms with Crippen LogP contribution in [0.1, 0.15) is 24.6 Å². The van der Waals surface area contributed by atoms with Crippen molar-refractivity contribution in [3.8, 4) is 0 Å². The van der Waals surface area contributed by atoms with Crippen LogP contribution < -0.4 is 11.3 Å². The van der Waals surface area contributed by atoms with Crippen molar-refractivity contribution in [1.29, 1.82) is 0 Å². The van der Waals surface area contributed by atoms with Gasteiger partial charge in [-0.15, -0.1) is 0 Å². The molecule has 0 bridgehead atoms. The van der Waals surface area contributed by atoms with Crippen molar-refractivity contribution >= 4 is 23.4 Å². The zero-order valence-corrected chi connectivity index (χ0v) is 13.6. The van der Waals surface area contributed by atoms with Crippen LogP contribution in [-0.2, 0) is 6.42 Å². The number of aryl methyl sites for hydroxylation is 1. The Morgan fingerprint density at radius 3 is 2.81 bits per heavy atom. The molecule has 0 spiro atoms. The number of nitrogens with one attached hydrogen (secondary N) is 1. The van der Waals surface area contributed by atoms with Gasteiger partial charge in [0.25, 0.3) is 5.56 Å². The first-order valence-electron chi connectivity index (χ1n) is 6.77. The molecule has 2 rings (SSSR count). The highest BCUT2D eigenvalue weighted by Gasteiger charge is 2.08. The van der Waals surface area contributed by atoms with Gasteiger partial charge in [-0.3, -0.25) is 4.79 Å². The molecule has 0 amide bonds. The number of hydrogen-bond acceptors (Lipinski definition) is 4. The van der Waals surface area contributed by atoms with Crippen LogP contribution in [0.5, 0.6) is 0 Å². The lowest BCUT2D eigenvalue weighted by Crippen LogP contribution is -2.21. The normalized spacial score (nSPS) is 12.4. The number of nitrogens with zero attached hydrogens (tertiary/aromatic N) is 1. The third-order valence-electron chi connectivity index (χ3n) is 3.07. The summed E-state index contributed by atoms with van der Waals surface area (Å²) < 4.78 is 0. The van der Waals surface area contributed by atoms with E-state index in [1.54, 1.807) is 6.92 Å². The van der Waals surface area contributed by atoms with E-state index in [2.05, 4.69) is 16.9 Å². The highest BCUT2D eigenvalue weighted by Crippen LogP contribution is 2.31. The zero-order chi connectivity index (χ0) is 15.4. The van der Waals surface area contributed by atoms with Crippen molar-refractivity contribution in [1.82, 2.24) is 9.97 Å². The summed E-state index contributed by atoms with van der Waals surface area (Å²) in [5, 5.41) is 1.19. The molecule has 0 aliphatic heterocycles. The lowest BCUT2D eigenvalue weighted by atomic mass is 10.1. The quantitative estimate of drug-likeness (QED) is 0.829. The van der Waals surface area contributed by atoms with Crippen LogP contribution in [0.15, 0.2) is 39.1 Å². The molecule has 1 unspecified atom stereocenters. The van der Waals surface area contributed by atoms with Crippen LogP contribution in [0.25, 0.3) is 0 Å². The van der Waals surface area contributed by atoms with Gasteiger partial charge < -0.3 is 10.7 Å². The topological polar surface area (TPSA) is 71.8 Å². The van der Waals surface area contributed by atoms with E-state index in [1.807, 2.05) is 18.2 Å². The maximum Gasteiger partial charge on any atom is 0.251 e. The van der Waals surface area contributed by atoms with Crippen LogP contribution in [-0.4, -0.2) is 16.0 Å². The van der Waals surface area contributed by atoms with Crippen LogP contribution in [0, 0.1) is 6.92 Å². The van der Waals surface area contributed by atoms with E-state index in [1.165, 1.54) is 17.8 Å². The lowest BCUT2D eigenvalue weighted by Gasteiger charge is -2.10. The molecule has 21 heavy (non-hydrogen) atoms. The molecular weight excluding hydrogens is 306 g/mol. The minimum atomic E-state index is -0.160. The standard InChI is InChI=1S/C15H18ClN3OS/c1-3-11(17)7-10-4-5-13(12(16)8-10)21-15-18-9(2)6-14(20)19-15/h4-6,8,11H,3,7,17H2,1-2H3,(H,18,19,20). The van der Waals surface area contributed by atoms with E-state index in [0.29, 0.717) is 15.9 Å². The van der Waals surface area contributed by atoms with Gasteiger partial charge in [0.1, 0.15) is 0 Å². The van der Waals surface area contributed by atoms with Gasteiger partial charge >= 0.3 is 0 Å². The number of rotatable bonds is 5. The molecule has 4 nitrogen and oxygen atoms in total. The predicted molar refractivity (Wildman–Crippen MR) is 87.1 cm³/mol. The van der Waals surface area contributed by atoms with Crippen molar-refractivity contribution in [3.05, 3.63) is 50.9 Å². The molecule has 1 aromatic carbocycles. The van der Waals surface area contributed by atoms with Gasteiger partial charge in [-0.25, -0.2) is 4.98 Å². The van der Waals surface area contributed by atoms with Gasteiger partial charge in [0.2, 0.25) is 0 Å². The van der Waals surface area contributed by atoms with Crippen molar-refractivity contribution in [2.75, 3.05) is 0 Å². The van der Waals surface area contributed by atoms with E-state index in [-0.39, 0.29) is 11.6 Å². The second-order valence-corrected chi connectivity index (χ2v) is 6.37. The molecule has 1 aromatic heterocycles. The Labute approximate surface area is 133 Å². The molecule has 112 valence electrons. The molecule has 0 aliphatic carbocycles. The van der Waals surface area contributed by atoms with Gasteiger partial charge in [0, 0.05) is 22.7 Å². The van der Waals surface area contributed by atoms with Crippen molar-refractivity contribution < 1.29 is 0 Å².